The van der Waals surface area contributed by atoms with Crippen LogP contribution in [-0.2, 0) is 5.54 Å². The Labute approximate surface area is 193 Å². The zero-order valence-corrected chi connectivity index (χ0v) is 20.1. The fraction of sp³-hybridized carbons (Fsp3) is 0.591. The molecule has 172 valence electrons. The quantitative estimate of drug-likeness (QED) is 0.584. The Kier molecular flexibility index (Phi) is 6.22. The minimum Gasteiger partial charge on any atom is -0.466 e. The number of halogens is 1. The molecule has 1 aliphatic carbocycles. The number of aromatic nitrogens is 7. The number of hydrogen-bond donors (Lipinski definition) is 1. The molecule has 0 radical (unpaired) electrons. The molecule has 2 aromatic heterocycles. The Morgan fingerprint density at radius 2 is 1.81 bits per heavy atom. The highest BCUT2D eigenvalue weighted by Crippen LogP contribution is 2.43. The molecule has 0 amide bonds. The maximum atomic E-state index is 6.52. The minimum absolute atomic E-state index is 0.125. The van der Waals surface area contributed by atoms with Gasteiger partial charge in [0.25, 0.3) is 0 Å². The summed E-state index contributed by atoms with van der Waals surface area (Å²) in [5.41, 5.74) is -0.380. The lowest BCUT2D eigenvalue weighted by atomic mass is 9.84. The van der Waals surface area contributed by atoms with Crippen molar-refractivity contribution in [1.82, 2.24) is 35.0 Å². The van der Waals surface area contributed by atoms with E-state index < -0.39 is 6.23 Å². The number of tetrazole rings is 1. The molecule has 3 aromatic rings. The monoisotopic (exact) mass is 459 g/mol. The second-order valence-electron chi connectivity index (χ2n) is 9.88. The molecular weight excluding hydrogens is 428 g/mol. The lowest BCUT2D eigenvalue weighted by molar-refractivity contribution is -0.924. The summed E-state index contributed by atoms with van der Waals surface area (Å²) in [6.45, 7) is 6.51. The van der Waals surface area contributed by atoms with Crippen LogP contribution in [0.1, 0.15) is 64.5 Å². The molecular formula is C22H32ClN8O+. The van der Waals surface area contributed by atoms with Gasteiger partial charge in [-0.05, 0) is 52.9 Å². The number of ether oxygens (including phenoxy) is 1. The number of benzene rings is 1. The van der Waals surface area contributed by atoms with Gasteiger partial charge in [-0.1, -0.05) is 32.4 Å². The molecule has 1 saturated carbocycles. The van der Waals surface area contributed by atoms with E-state index in [1.165, 1.54) is 24.1 Å². The summed E-state index contributed by atoms with van der Waals surface area (Å²) < 4.78 is 10.2. The van der Waals surface area contributed by atoms with E-state index in [-0.39, 0.29) is 17.0 Å². The Morgan fingerprint density at radius 3 is 2.38 bits per heavy atom. The van der Waals surface area contributed by atoms with Crippen LogP contribution in [0.5, 0.6) is 5.75 Å². The van der Waals surface area contributed by atoms with Crippen LogP contribution in [0.4, 0.5) is 0 Å². The lowest BCUT2D eigenvalue weighted by Crippen LogP contribution is -3.13. The van der Waals surface area contributed by atoms with Gasteiger partial charge in [0, 0.05) is 17.9 Å². The summed E-state index contributed by atoms with van der Waals surface area (Å²) in [7, 11) is 4.38. The molecule has 2 heterocycles. The van der Waals surface area contributed by atoms with E-state index in [0.717, 1.165) is 18.7 Å². The Hall–Kier alpha value is -2.52. The normalized spacial score (nSPS) is 18.1. The molecule has 0 spiro atoms. The van der Waals surface area contributed by atoms with E-state index in [0.29, 0.717) is 10.8 Å². The predicted octanol–water partition coefficient (Wildman–Crippen LogP) is 2.70. The lowest BCUT2D eigenvalue weighted by Gasteiger charge is -2.39. The molecule has 4 rings (SSSR count). The van der Waals surface area contributed by atoms with Gasteiger partial charge in [-0.25, -0.2) is 14.3 Å². The number of quaternary nitrogens is 1. The molecule has 0 unspecified atom stereocenters. The zero-order chi connectivity index (χ0) is 22.9. The first-order valence-corrected chi connectivity index (χ1v) is 11.5. The first kappa shape index (κ1) is 22.7. The molecule has 0 bridgehead atoms. The SMILES string of the molecule is C[NH+](C)C1(c2nnnn2[C@@H]([C@@H](Oc2ccc(Cl)cc2)n2cncn2)C(C)(C)C)CCCC1. The maximum Gasteiger partial charge on any atom is 0.215 e. The standard InChI is InChI=1S/C22H31ClN8O/c1-21(2,3)18(31-20(26-27-28-31)22(29(4)5)12-6-7-13-22)19(30-15-24-14-25-30)32-17-10-8-16(23)9-11-17/h8-11,14-15,18-19H,6-7,12-13H2,1-5H3/p+1/t18-,19+/m0/s1. The van der Waals surface area contributed by atoms with Gasteiger partial charge in [0.1, 0.15) is 24.4 Å². The Balaban J connectivity index is 1.83. The maximum absolute atomic E-state index is 6.52. The third-order valence-electron chi connectivity index (χ3n) is 6.52. The molecule has 9 nitrogen and oxygen atoms in total. The predicted molar refractivity (Wildman–Crippen MR) is 120 cm³/mol. The van der Waals surface area contributed by atoms with E-state index in [4.69, 9.17) is 16.3 Å². The Morgan fingerprint density at radius 1 is 1.12 bits per heavy atom. The van der Waals surface area contributed by atoms with Crippen LogP contribution >= 0.6 is 11.6 Å². The largest absolute Gasteiger partial charge is 0.466 e. The van der Waals surface area contributed by atoms with Crippen LogP contribution in [0, 0.1) is 5.41 Å². The van der Waals surface area contributed by atoms with Gasteiger partial charge in [-0.15, -0.1) is 5.10 Å². The van der Waals surface area contributed by atoms with E-state index in [2.05, 4.69) is 60.5 Å². The number of hydrogen-bond acceptors (Lipinski definition) is 6. The molecule has 2 atom stereocenters. The number of nitrogens with zero attached hydrogens (tertiary/aromatic N) is 7. The molecule has 32 heavy (non-hydrogen) atoms. The minimum atomic E-state index is -0.517. The third-order valence-corrected chi connectivity index (χ3v) is 6.78. The van der Waals surface area contributed by atoms with Crippen LogP contribution in [0.25, 0.3) is 0 Å². The molecule has 1 N–H and O–H groups in total. The third kappa shape index (κ3) is 4.23. The summed E-state index contributed by atoms with van der Waals surface area (Å²) >= 11 is 6.09. The van der Waals surface area contributed by atoms with Crippen molar-refractivity contribution in [2.24, 2.45) is 5.41 Å². The molecule has 1 aliphatic rings. The highest BCUT2D eigenvalue weighted by atomic mass is 35.5. The van der Waals surface area contributed by atoms with Gasteiger partial charge < -0.3 is 9.64 Å². The van der Waals surface area contributed by atoms with Crippen molar-refractivity contribution in [1.29, 1.82) is 0 Å². The van der Waals surface area contributed by atoms with Crippen molar-refractivity contribution in [3.8, 4) is 5.75 Å². The van der Waals surface area contributed by atoms with Crippen LogP contribution in [0.3, 0.4) is 0 Å². The van der Waals surface area contributed by atoms with E-state index in [1.54, 1.807) is 11.0 Å². The van der Waals surface area contributed by atoms with E-state index in [1.807, 2.05) is 28.9 Å². The van der Waals surface area contributed by atoms with Gasteiger partial charge in [0.05, 0.1) is 14.1 Å². The highest BCUT2D eigenvalue weighted by Gasteiger charge is 2.50. The van der Waals surface area contributed by atoms with Gasteiger partial charge in [0.15, 0.2) is 5.54 Å². The van der Waals surface area contributed by atoms with Crippen LogP contribution in [0.15, 0.2) is 36.9 Å². The fourth-order valence-corrected chi connectivity index (χ4v) is 4.93. The van der Waals surface area contributed by atoms with Gasteiger partial charge in [0.2, 0.25) is 12.1 Å². The first-order chi connectivity index (χ1) is 15.2. The molecule has 0 aliphatic heterocycles. The van der Waals surface area contributed by atoms with Crippen LogP contribution in [0.2, 0.25) is 5.02 Å². The van der Waals surface area contributed by atoms with Crippen molar-refractivity contribution >= 4 is 11.6 Å². The van der Waals surface area contributed by atoms with Gasteiger partial charge >= 0.3 is 0 Å². The van der Waals surface area contributed by atoms with E-state index in [9.17, 15) is 0 Å². The number of nitrogens with one attached hydrogen (secondary N) is 1. The zero-order valence-electron chi connectivity index (χ0n) is 19.4. The number of rotatable bonds is 7. The molecule has 0 saturated heterocycles. The summed E-state index contributed by atoms with van der Waals surface area (Å²) in [6.07, 6.45) is 7.12. The molecule has 1 aromatic carbocycles. The average molecular weight is 460 g/mol. The second-order valence-corrected chi connectivity index (χ2v) is 10.3. The van der Waals surface area contributed by atoms with Gasteiger partial charge in [-0.3, -0.25) is 0 Å². The van der Waals surface area contributed by atoms with Crippen LogP contribution in [-0.4, -0.2) is 49.1 Å². The summed E-state index contributed by atoms with van der Waals surface area (Å²) in [4.78, 5) is 5.51. The molecule has 10 heteroatoms. The van der Waals surface area contributed by atoms with E-state index >= 15 is 0 Å². The fourth-order valence-electron chi connectivity index (χ4n) is 4.80. The van der Waals surface area contributed by atoms with Crippen molar-refractivity contribution in [2.75, 3.05) is 14.1 Å². The topological polar surface area (TPSA) is 88.0 Å². The highest BCUT2D eigenvalue weighted by molar-refractivity contribution is 6.30. The average Bonchev–Trinajstić information content (AvgIpc) is 3.49. The van der Waals surface area contributed by atoms with Crippen molar-refractivity contribution in [3.63, 3.8) is 0 Å². The van der Waals surface area contributed by atoms with Crippen molar-refractivity contribution in [3.05, 3.63) is 47.8 Å². The van der Waals surface area contributed by atoms with Crippen LogP contribution < -0.4 is 9.64 Å². The summed E-state index contributed by atoms with van der Waals surface area (Å²) in [5, 5.41) is 18.3. The second kappa shape index (κ2) is 8.78. The van der Waals surface area contributed by atoms with Gasteiger partial charge in [-0.2, -0.15) is 5.10 Å². The smallest absolute Gasteiger partial charge is 0.215 e. The van der Waals surface area contributed by atoms with Crippen molar-refractivity contribution in [2.45, 2.75) is 64.3 Å². The molecule has 1 fully saturated rings. The summed E-state index contributed by atoms with van der Waals surface area (Å²) in [6, 6.07) is 7.09. The summed E-state index contributed by atoms with van der Waals surface area (Å²) in [5.74, 6) is 1.59. The first-order valence-electron chi connectivity index (χ1n) is 11.1. The van der Waals surface area contributed by atoms with Crippen molar-refractivity contribution < 1.29 is 9.64 Å². The Bertz CT molecular complexity index is 1000.